The van der Waals surface area contributed by atoms with Gasteiger partial charge < -0.3 is 15.4 Å². The highest BCUT2D eigenvalue weighted by molar-refractivity contribution is 5.91. The van der Waals surface area contributed by atoms with Crippen LogP contribution < -0.4 is 10.6 Å². The number of benzene rings is 1. The molecule has 9 nitrogen and oxygen atoms in total. The molecular weight excluding hydrogens is 338 g/mol. The fraction of sp³-hybridized carbons (Fsp3) is 0.353. The third-order valence-electron chi connectivity index (χ3n) is 3.46. The third kappa shape index (κ3) is 4.88. The molecule has 138 valence electrons. The number of aromatic nitrogens is 2. The predicted molar refractivity (Wildman–Crippen MR) is 97.8 cm³/mol. The normalized spacial score (nSPS) is 10.2. The van der Waals surface area contributed by atoms with E-state index in [1.165, 1.54) is 6.33 Å². The molecule has 2 rings (SSSR count). The lowest BCUT2D eigenvalue weighted by atomic mass is 10.2. The van der Waals surface area contributed by atoms with Crippen molar-refractivity contribution in [1.29, 1.82) is 0 Å². The Hall–Kier alpha value is -3.23. The molecule has 0 saturated heterocycles. The van der Waals surface area contributed by atoms with Crippen LogP contribution in [0.2, 0.25) is 0 Å². The minimum Gasteiger partial charge on any atom is -0.462 e. The average molecular weight is 359 g/mol. The van der Waals surface area contributed by atoms with Crippen LogP contribution >= 0.6 is 0 Å². The number of nitrogens with zero attached hydrogens (tertiary/aromatic N) is 3. The maximum atomic E-state index is 11.8. The molecule has 26 heavy (non-hydrogen) atoms. The van der Waals surface area contributed by atoms with Crippen molar-refractivity contribution in [1.82, 2.24) is 9.97 Å². The summed E-state index contributed by atoms with van der Waals surface area (Å²) < 4.78 is 4.96. The fourth-order valence-corrected chi connectivity index (χ4v) is 2.23. The van der Waals surface area contributed by atoms with Gasteiger partial charge in [-0.25, -0.2) is 14.8 Å². The van der Waals surface area contributed by atoms with E-state index in [0.29, 0.717) is 17.8 Å². The number of unbranched alkanes of at least 4 members (excludes halogenated alkanes) is 1. The summed E-state index contributed by atoms with van der Waals surface area (Å²) >= 11 is 0. The highest BCUT2D eigenvalue weighted by Crippen LogP contribution is 2.31. The first-order valence-electron chi connectivity index (χ1n) is 8.34. The number of ether oxygens (including phenoxy) is 1. The lowest BCUT2D eigenvalue weighted by Crippen LogP contribution is -2.09. The number of carbonyl (C=O) groups excluding carboxylic acids is 1. The van der Waals surface area contributed by atoms with Crippen LogP contribution in [0.4, 0.5) is 23.0 Å². The lowest BCUT2D eigenvalue weighted by Gasteiger charge is -2.10. The van der Waals surface area contributed by atoms with Gasteiger partial charge in [0, 0.05) is 12.2 Å². The molecule has 0 bridgehead atoms. The van der Waals surface area contributed by atoms with Gasteiger partial charge in [-0.3, -0.25) is 10.1 Å². The second-order valence-corrected chi connectivity index (χ2v) is 5.38. The molecule has 0 radical (unpaired) electrons. The molecule has 1 aromatic heterocycles. The Bertz CT molecular complexity index is 781. The molecular formula is C17H21N5O4. The zero-order chi connectivity index (χ0) is 18.9. The Labute approximate surface area is 151 Å². The molecule has 9 heteroatoms. The van der Waals surface area contributed by atoms with Crippen LogP contribution in [-0.4, -0.2) is 34.0 Å². The highest BCUT2D eigenvalue weighted by Gasteiger charge is 2.23. The van der Waals surface area contributed by atoms with Crippen LogP contribution in [0.25, 0.3) is 0 Å². The second-order valence-electron chi connectivity index (χ2n) is 5.38. The van der Waals surface area contributed by atoms with E-state index in [4.69, 9.17) is 4.74 Å². The quantitative estimate of drug-likeness (QED) is 0.302. The van der Waals surface area contributed by atoms with Crippen molar-refractivity contribution in [2.75, 3.05) is 23.8 Å². The van der Waals surface area contributed by atoms with Crippen LogP contribution in [0.5, 0.6) is 0 Å². The SMILES string of the molecule is CCCCNc1ncnc(Nc2cccc(C(=O)OCC)c2)c1[N+](=O)[O-]. The molecule has 0 aliphatic rings. The largest absolute Gasteiger partial charge is 0.462 e. The Balaban J connectivity index is 2.28. The minimum absolute atomic E-state index is 0.0463. The van der Waals surface area contributed by atoms with Crippen LogP contribution in [0.1, 0.15) is 37.0 Å². The van der Waals surface area contributed by atoms with Gasteiger partial charge >= 0.3 is 11.7 Å². The zero-order valence-corrected chi connectivity index (χ0v) is 14.7. The molecule has 2 N–H and O–H groups in total. The van der Waals surface area contributed by atoms with Crippen molar-refractivity contribution in [2.24, 2.45) is 0 Å². The van der Waals surface area contributed by atoms with Crippen molar-refractivity contribution in [2.45, 2.75) is 26.7 Å². The van der Waals surface area contributed by atoms with Gasteiger partial charge in [-0.05, 0) is 31.5 Å². The molecule has 0 fully saturated rings. The van der Waals surface area contributed by atoms with E-state index in [9.17, 15) is 14.9 Å². The summed E-state index contributed by atoms with van der Waals surface area (Å²) in [7, 11) is 0. The van der Waals surface area contributed by atoms with E-state index in [1.807, 2.05) is 6.92 Å². The van der Waals surface area contributed by atoms with E-state index < -0.39 is 10.9 Å². The first-order valence-corrected chi connectivity index (χ1v) is 8.34. The third-order valence-corrected chi connectivity index (χ3v) is 3.46. The molecule has 0 atom stereocenters. The predicted octanol–water partition coefficient (Wildman–Crippen LogP) is 3.52. The summed E-state index contributed by atoms with van der Waals surface area (Å²) in [5.41, 5.74) is 0.580. The van der Waals surface area contributed by atoms with Gasteiger partial charge in [-0.2, -0.15) is 0 Å². The van der Waals surface area contributed by atoms with Gasteiger partial charge in [0.1, 0.15) is 6.33 Å². The minimum atomic E-state index is -0.536. The van der Waals surface area contributed by atoms with Crippen molar-refractivity contribution < 1.29 is 14.5 Å². The number of nitrogens with one attached hydrogen (secondary N) is 2. The Morgan fingerprint density at radius 3 is 2.73 bits per heavy atom. The first-order chi connectivity index (χ1) is 12.6. The van der Waals surface area contributed by atoms with Crippen molar-refractivity contribution >= 4 is 29.0 Å². The summed E-state index contributed by atoms with van der Waals surface area (Å²) in [6, 6.07) is 6.49. The summed E-state index contributed by atoms with van der Waals surface area (Å²) in [5.74, 6) is -0.261. The van der Waals surface area contributed by atoms with Crippen molar-refractivity contribution in [3.63, 3.8) is 0 Å². The maximum Gasteiger partial charge on any atom is 0.353 e. The van der Waals surface area contributed by atoms with Gasteiger partial charge in [-0.1, -0.05) is 19.4 Å². The number of anilines is 3. The van der Waals surface area contributed by atoms with Crippen LogP contribution in [0.3, 0.4) is 0 Å². The average Bonchev–Trinajstić information content (AvgIpc) is 2.62. The van der Waals surface area contributed by atoms with E-state index in [2.05, 4.69) is 20.6 Å². The Kier molecular flexibility index (Phi) is 6.84. The first kappa shape index (κ1) is 19.1. The van der Waals surface area contributed by atoms with Gasteiger partial charge in [0.05, 0.1) is 17.1 Å². The number of nitro groups is 1. The Morgan fingerprint density at radius 2 is 2.04 bits per heavy atom. The zero-order valence-electron chi connectivity index (χ0n) is 14.7. The summed E-state index contributed by atoms with van der Waals surface area (Å²) in [6.45, 7) is 4.59. The molecule has 0 amide bonds. The highest BCUT2D eigenvalue weighted by atomic mass is 16.6. The second kappa shape index (κ2) is 9.30. The number of hydrogen-bond acceptors (Lipinski definition) is 8. The van der Waals surface area contributed by atoms with Crippen molar-refractivity contribution in [3.8, 4) is 0 Å². The standard InChI is InChI=1S/C17H21N5O4/c1-3-5-9-18-15-14(22(24)25)16(20-11-19-15)21-13-8-6-7-12(10-13)17(23)26-4-2/h6-8,10-11H,3-5,9H2,1-2H3,(H2,18,19,20,21). The Morgan fingerprint density at radius 1 is 1.27 bits per heavy atom. The van der Waals surface area contributed by atoms with Gasteiger partial charge in [0.25, 0.3) is 0 Å². The molecule has 0 saturated carbocycles. The maximum absolute atomic E-state index is 11.8. The van der Waals surface area contributed by atoms with Gasteiger partial charge in [0.15, 0.2) is 0 Å². The van der Waals surface area contributed by atoms with E-state index in [0.717, 1.165) is 12.8 Å². The smallest absolute Gasteiger partial charge is 0.353 e. The number of hydrogen-bond donors (Lipinski definition) is 2. The van der Waals surface area contributed by atoms with E-state index >= 15 is 0 Å². The van der Waals surface area contributed by atoms with Crippen molar-refractivity contribution in [3.05, 3.63) is 46.3 Å². The van der Waals surface area contributed by atoms with Crippen LogP contribution in [0.15, 0.2) is 30.6 Å². The lowest BCUT2D eigenvalue weighted by molar-refractivity contribution is -0.383. The van der Waals surface area contributed by atoms with Gasteiger partial charge in [-0.15, -0.1) is 0 Å². The molecule has 0 unspecified atom stereocenters. The number of rotatable bonds is 9. The molecule has 1 heterocycles. The van der Waals surface area contributed by atoms with E-state index in [1.54, 1.807) is 31.2 Å². The van der Waals surface area contributed by atoms with E-state index in [-0.39, 0.29) is 23.9 Å². The summed E-state index contributed by atoms with van der Waals surface area (Å²) in [4.78, 5) is 30.7. The molecule has 0 aliphatic heterocycles. The topological polar surface area (TPSA) is 119 Å². The fourth-order valence-electron chi connectivity index (χ4n) is 2.23. The van der Waals surface area contributed by atoms with Crippen LogP contribution in [-0.2, 0) is 4.74 Å². The number of esters is 1. The molecule has 2 aromatic rings. The summed E-state index contributed by atoms with van der Waals surface area (Å²) in [5, 5.41) is 17.3. The monoisotopic (exact) mass is 359 g/mol. The molecule has 0 spiro atoms. The molecule has 0 aliphatic carbocycles. The number of carbonyl (C=O) groups is 1. The van der Waals surface area contributed by atoms with Gasteiger partial charge in [0.2, 0.25) is 11.6 Å². The summed E-state index contributed by atoms with van der Waals surface area (Å²) in [6.07, 6.45) is 3.07. The van der Waals surface area contributed by atoms with Crippen LogP contribution in [0, 0.1) is 10.1 Å². The molecule has 1 aromatic carbocycles.